The second-order valence-corrected chi connectivity index (χ2v) is 5.72. The maximum Gasteiger partial charge on any atom is 0.268 e. The Kier molecular flexibility index (Phi) is 3.46. The molecule has 0 amide bonds. The Hall–Kier alpha value is -3.21. The summed E-state index contributed by atoms with van der Waals surface area (Å²) < 4.78 is 3.66. The second kappa shape index (κ2) is 5.77. The maximum absolute atomic E-state index is 11.6. The summed E-state index contributed by atoms with van der Waals surface area (Å²) in [5.41, 5.74) is 3.70. The summed E-state index contributed by atoms with van der Waals surface area (Å²) in [6, 6.07) is 18.3. The molecular formula is C19H16N4O. The van der Waals surface area contributed by atoms with Crippen LogP contribution in [0.2, 0.25) is 0 Å². The number of benzene rings is 2. The highest BCUT2D eigenvalue weighted by Crippen LogP contribution is 2.24. The lowest BCUT2D eigenvalue weighted by atomic mass is 10.2. The average molecular weight is 316 g/mol. The molecule has 0 saturated carbocycles. The minimum Gasteiger partial charge on any atom is -0.318 e. The topological polar surface area (TPSA) is 52.7 Å². The van der Waals surface area contributed by atoms with Gasteiger partial charge in [-0.15, -0.1) is 0 Å². The van der Waals surface area contributed by atoms with Crippen molar-refractivity contribution in [2.45, 2.75) is 6.54 Å². The van der Waals surface area contributed by atoms with Crippen LogP contribution in [0.5, 0.6) is 0 Å². The third-order valence-corrected chi connectivity index (χ3v) is 4.04. The molecule has 0 radical (unpaired) electrons. The summed E-state index contributed by atoms with van der Waals surface area (Å²) in [5.74, 6) is 0.760. The summed E-state index contributed by atoms with van der Waals surface area (Å²) >= 11 is 0. The van der Waals surface area contributed by atoms with E-state index < -0.39 is 0 Å². The summed E-state index contributed by atoms with van der Waals surface area (Å²) in [5, 5.41) is 0. The Morgan fingerprint density at radius 1 is 1.00 bits per heavy atom. The van der Waals surface area contributed by atoms with Crippen LogP contribution in [0.1, 0.15) is 5.56 Å². The van der Waals surface area contributed by atoms with Crippen molar-refractivity contribution in [3.05, 3.63) is 82.9 Å². The van der Waals surface area contributed by atoms with E-state index in [2.05, 4.69) is 27.8 Å². The van der Waals surface area contributed by atoms with Gasteiger partial charge in [-0.25, -0.2) is 9.97 Å². The molecule has 0 saturated heterocycles. The number of nitrogens with zero attached hydrogens (tertiary/aromatic N) is 4. The van der Waals surface area contributed by atoms with Crippen molar-refractivity contribution in [1.82, 2.24) is 19.1 Å². The third kappa shape index (κ3) is 2.50. The Morgan fingerprint density at radius 3 is 2.54 bits per heavy atom. The van der Waals surface area contributed by atoms with Crippen molar-refractivity contribution < 1.29 is 0 Å². The molecule has 4 aromatic rings. The molecule has 0 aliphatic rings. The predicted molar refractivity (Wildman–Crippen MR) is 93.7 cm³/mol. The van der Waals surface area contributed by atoms with Gasteiger partial charge in [0.15, 0.2) is 5.82 Å². The lowest BCUT2D eigenvalue weighted by Crippen LogP contribution is -2.16. The van der Waals surface area contributed by atoms with Crippen molar-refractivity contribution in [2.24, 2.45) is 7.05 Å². The van der Waals surface area contributed by atoms with Crippen LogP contribution in [0.4, 0.5) is 0 Å². The second-order valence-electron chi connectivity index (χ2n) is 5.72. The number of aromatic nitrogens is 4. The molecule has 0 unspecified atom stereocenters. The van der Waals surface area contributed by atoms with Gasteiger partial charge in [0, 0.05) is 19.8 Å². The molecule has 2 aromatic heterocycles. The van der Waals surface area contributed by atoms with Gasteiger partial charge in [0.1, 0.15) is 5.69 Å². The highest BCUT2D eigenvalue weighted by Gasteiger charge is 2.14. The number of para-hydroxylation sites is 2. The molecule has 24 heavy (non-hydrogen) atoms. The van der Waals surface area contributed by atoms with Crippen LogP contribution in [-0.4, -0.2) is 19.1 Å². The van der Waals surface area contributed by atoms with E-state index in [1.165, 1.54) is 16.3 Å². The van der Waals surface area contributed by atoms with Crippen molar-refractivity contribution >= 4 is 11.0 Å². The lowest BCUT2D eigenvalue weighted by Gasteiger charge is -2.09. The highest BCUT2D eigenvalue weighted by molar-refractivity contribution is 5.80. The summed E-state index contributed by atoms with van der Waals surface area (Å²) in [6.45, 7) is 0.696. The smallest absolute Gasteiger partial charge is 0.268 e. The van der Waals surface area contributed by atoms with Crippen LogP contribution in [-0.2, 0) is 13.6 Å². The first-order valence-corrected chi connectivity index (χ1v) is 7.74. The normalized spacial score (nSPS) is 11.0. The standard InChI is InChI=1S/C19H16N4O/c1-22-13-16(20-11-18(22)24)19-21-15-9-5-6-10-17(15)23(19)12-14-7-3-2-4-8-14/h2-11,13H,12H2,1H3. The predicted octanol–water partition coefficient (Wildman–Crippen LogP) is 2.85. The van der Waals surface area contributed by atoms with E-state index in [1.54, 1.807) is 13.2 Å². The van der Waals surface area contributed by atoms with Gasteiger partial charge in [0.25, 0.3) is 5.56 Å². The average Bonchev–Trinajstić information content (AvgIpc) is 2.97. The first-order chi connectivity index (χ1) is 11.7. The number of hydrogen-bond acceptors (Lipinski definition) is 3. The molecule has 4 rings (SSSR count). The zero-order valence-electron chi connectivity index (χ0n) is 13.3. The molecule has 0 spiro atoms. The van der Waals surface area contributed by atoms with Crippen LogP contribution in [0.3, 0.4) is 0 Å². The molecule has 0 aliphatic carbocycles. The summed E-state index contributed by atoms with van der Waals surface area (Å²) in [6.07, 6.45) is 3.06. The molecule has 0 N–H and O–H groups in total. The minimum atomic E-state index is -0.135. The zero-order valence-corrected chi connectivity index (χ0v) is 13.3. The fourth-order valence-corrected chi connectivity index (χ4v) is 2.81. The molecule has 0 atom stereocenters. The van der Waals surface area contributed by atoms with Gasteiger partial charge in [-0.3, -0.25) is 4.79 Å². The van der Waals surface area contributed by atoms with Gasteiger partial charge < -0.3 is 9.13 Å². The molecular weight excluding hydrogens is 300 g/mol. The molecule has 2 aromatic carbocycles. The van der Waals surface area contributed by atoms with Crippen LogP contribution in [0, 0.1) is 0 Å². The van der Waals surface area contributed by atoms with E-state index in [4.69, 9.17) is 4.98 Å². The Morgan fingerprint density at radius 2 is 1.75 bits per heavy atom. The Labute approximate surface area is 138 Å². The summed E-state index contributed by atoms with van der Waals surface area (Å²) in [4.78, 5) is 20.6. The maximum atomic E-state index is 11.6. The summed E-state index contributed by atoms with van der Waals surface area (Å²) in [7, 11) is 1.72. The number of hydrogen-bond donors (Lipinski definition) is 0. The van der Waals surface area contributed by atoms with Gasteiger partial charge >= 0.3 is 0 Å². The molecule has 0 aliphatic heterocycles. The van der Waals surface area contributed by atoms with E-state index in [9.17, 15) is 4.79 Å². The molecule has 5 nitrogen and oxygen atoms in total. The van der Waals surface area contributed by atoms with Gasteiger partial charge in [-0.2, -0.15) is 0 Å². The Bertz CT molecular complexity index is 1060. The Balaban J connectivity index is 1.92. The van der Waals surface area contributed by atoms with E-state index >= 15 is 0 Å². The van der Waals surface area contributed by atoms with Gasteiger partial charge in [0.2, 0.25) is 0 Å². The molecule has 0 fully saturated rings. The molecule has 2 heterocycles. The van der Waals surface area contributed by atoms with E-state index in [1.807, 2.05) is 36.4 Å². The highest BCUT2D eigenvalue weighted by atomic mass is 16.1. The molecule has 118 valence electrons. The van der Waals surface area contributed by atoms with Gasteiger partial charge in [-0.05, 0) is 17.7 Å². The van der Waals surface area contributed by atoms with Crippen molar-refractivity contribution in [2.75, 3.05) is 0 Å². The first-order valence-electron chi connectivity index (χ1n) is 7.74. The minimum absolute atomic E-state index is 0.135. The lowest BCUT2D eigenvalue weighted by molar-refractivity contribution is 0.809. The zero-order chi connectivity index (χ0) is 16.5. The van der Waals surface area contributed by atoms with E-state index in [0.29, 0.717) is 12.2 Å². The quantitative estimate of drug-likeness (QED) is 0.584. The third-order valence-electron chi connectivity index (χ3n) is 4.04. The van der Waals surface area contributed by atoms with Gasteiger partial charge in [0.05, 0.1) is 17.2 Å². The number of fused-ring (bicyclic) bond motifs is 1. The van der Waals surface area contributed by atoms with Crippen molar-refractivity contribution in [1.29, 1.82) is 0 Å². The number of imidazole rings is 1. The monoisotopic (exact) mass is 316 g/mol. The number of aryl methyl sites for hydroxylation is 1. The van der Waals surface area contributed by atoms with Crippen LogP contribution in [0.25, 0.3) is 22.6 Å². The fraction of sp³-hybridized carbons (Fsp3) is 0.105. The van der Waals surface area contributed by atoms with Crippen molar-refractivity contribution in [3.8, 4) is 11.5 Å². The van der Waals surface area contributed by atoms with Crippen LogP contribution < -0.4 is 5.56 Å². The fourth-order valence-electron chi connectivity index (χ4n) is 2.81. The van der Waals surface area contributed by atoms with E-state index in [0.717, 1.165) is 16.9 Å². The molecule has 5 heteroatoms. The van der Waals surface area contributed by atoms with Crippen LogP contribution in [0.15, 0.2) is 71.8 Å². The van der Waals surface area contributed by atoms with Crippen molar-refractivity contribution in [3.63, 3.8) is 0 Å². The SMILES string of the molecule is Cn1cc(-c2nc3ccccc3n2Cc2ccccc2)ncc1=O. The van der Waals surface area contributed by atoms with E-state index in [-0.39, 0.29) is 5.56 Å². The van der Waals surface area contributed by atoms with Crippen LogP contribution >= 0.6 is 0 Å². The first kappa shape index (κ1) is 14.4. The molecule has 0 bridgehead atoms. The van der Waals surface area contributed by atoms with Gasteiger partial charge in [-0.1, -0.05) is 42.5 Å². The largest absolute Gasteiger partial charge is 0.318 e. The number of rotatable bonds is 3.